The average Bonchev–Trinajstić information content (AvgIpc) is 3.06. The molecule has 1 fully saturated rings. The molecule has 6 heteroatoms. The third-order valence-electron chi connectivity index (χ3n) is 4.05. The Bertz CT molecular complexity index is 550. The first kappa shape index (κ1) is 18.7. The van der Waals surface area contributed by atoms with Gasteiger partial charge >= 0.3 is 5.97 Å². The van der Waals surface area contributed by atoms with Crippen LogP contribution in [0.15, 0.2) is 23.8 Å². The molecule has 0 saturated heterocycles. The SMILES string of the molecule is CN/C=C/[C@]1(/C=C/S(C)(=O)=O)CC1CC(=O)OC(C)C(C)C. The van der Waals surface area contributed by atoms with Gasteiger partial charge in [0.2, 0.25) is 0 Å². The fourth-order valence-electron chi connectivity index (χ4n) is 2.18. The monoisotopic (exact) mass is 329 g/mol. The van der Waals surface area contributed by atoms with Crippen LogP contribution in [0, 0.1) is 17.3 Å². The maximum atomic E-state index is 12.0. The summed E-state index contributed by atoms with van der Waals surface area (Å²) in [5.41, 5.74) is -0.369. The summed E-state index contributed by atoms with van der Waals surface area (Å²) in [6.45, 7) is 5.89. The minimum Gasteiger partial charge on any atom is -0.462 e. The van der Waals surface area contributed by atoms with Crippen molar-refractivity contribution in [2.75, 3.05) is 13.3 Å². The molecule has 1 aliphatic rings. The van der Waals surface area contributed by atoms with Crippen molar-refractivity contribution >= 4 is 15.8 Å². The van der Waals surface area contributed by atoms with E-state index in [9.17, 15) is 13.2 Å². The number of carbonyl (C=O) groups is 1. The summed E-state index contributed by atoms with van der Waals surface area (Å²) in [5.74, 6) is 0.142. The van der Waals surface area contributed by atoms with Gasteiger partial charge in [-0.15, -0.1) is 0 Å². The minimum atomic E-state index is -3.18. The minimum absolute atomic E-state index is 0.0852. The van der Waals surface area contributed by atoms with Crippen molar-refractivity contribution in [2.45, 2.75) is 39.7 Å². The molecule has 126 valence electrons. The van der Waals surface area contributed by atoms with Crippen LogP contribution in [0.2, 0.25) is 0 Å². The molecule has 5 nitrogen and oxygen atoms in total. The lowest BCUT2D eigenvalue weighted by atomic mass is 10.0. The molecular weight excluding hydrogens is 302 g/mol. The zero-order valence-corrected chi connectivity index (χ0v) is 14.8. The Kier molecular flexibility index (Phi) is 6.23. The zero-order chi connectivity index (χ0) is 17.0. The number of hydrogen-bond donors (Lipinski definition) is 1. The lowest BCUT2D eigenvalue weighted by Crippen LogP contribution is -2.20. The highest BCUT2D eigenvalue weighted by Crippen LogP contribution is 2.57. The summed E-state index contributed by atoms with van der Waals surface area (Å²) in [6.07, 6.45) is 7.48. The van der Waals surface area contributed by atoms with E-state index in [2.05, 4.69) is 5.32 Å². The first-order chi connectivity index (χ1) is 10.1. The van der Waals surface area contributed by atoms with Gasteiger partial charge in [0.1, 0.15) is 6.10 Å². The number of nitrogens with one attached hydrogen (secondary N) is 1. The standard InChI is InChI=1S/C16H27NO4S/c1-12(2)13(3)21-15(18)10-14-11-16(14,6-8-17-4)7-9-22(5,19)20/h6-9,12-14,17H,10-11H2,1-5H3/b8-6+,9-7+/t13?,14?,16-/m0/s1. The summed E-state index contributed by atoms with van der Waals surface area (Å²) in [4.78, 5) is 12.0. The second kappa shape index (κ2) is 7.31. The molecule has 0 aliphatic heterocycles. The smallest absolute Gasteiger partial charge is 0.306 e. The topological polar surface area (TPSA) is 72.5 Å². The van der Waals surface area contributed by atoms with Crippen LogP contribution >= 0.6 is 0 Å². The maximum Gasteiger partial charge on any atom is 0.306 e. The molecule has 0 spiro atoms. The molecular formula is C16H27NO4S. The van der Waals surface area contributed by atoms with Crippen LogP contribution in [0.25, 0.3) is 0 Å². The van der Waals surface area contributed by atoms with Gasteiger partial charge in [0.05, 0.1) is 0 Å². The van der Waals surface area contributed by atoms with Crippen LogP contribution in [-0.4, -0.2) is 33.8 Å². The molecule has 0 radical (unpaired) electrons. The molecule has 22 heavy (non-hydrogen) atoms. The first-order valence-electron chi connectivity index (χ1n) is 7.53. The van der Waals surface area contributed by atoms with Gasteiger partial charge in [-0.3, -0.25) is 4.79 Å². The molecule has 2 unspecified atom stereocenters. The largest absolute Gasteiger partial charge is 0.462 e. The Hall–Kier alpha value is -1.30. The van der Waals surface area contributed by atoms with Crippen molar-refractivity contribution in [1.82, 2.24) is 5.32 Å². The van der Waals surface area contributed by atoms with E-state index in [4.69, 9.17) is 4.74 Å². The molecule has 1 saturated carbocycles. The summed E-state index contributed by atoms with van der Waals surface area (Å²) < 4.78 is 28.0. The molecule has 0 amide bonds. The molecule has 0 aromatic heterocycles. The van der Waals surface area contributed by atoms with Gasteiger partial charge in [-0.2, -0.15) is 0 Å². The van der Waals surface area contributed by atoms with Gasteiger partial charge in [0, 0.05) is 30.5 Å². The number of carbonyl (C=O) groups excluding carboxylic acids is 1. The summed E-state index contributed by atoms with van der Waals surface area (Å²) in [5, 5.41) is 4.12. The molecule has 0 aromatic rings. The Morgan fingerprint density at radius 2 is 2.00 bits per heavy atom. The van der Waals surface area contributed by atoms with Gasteiger partial charge in [-0.25, -0.2) is 8.42 Å². The normalized spacial score (nSPS) is 26.5. The van der Waals surface area contributed by atoms with Crippen LogP contribution < -0.4 is 5.32 Å². The number of sulfone groups is 1. The van der Waals surface area contributed by atoms with Crippen LogP contribution in [0.3, 0.4) is 0 Å². The number of ether oxygens (including phenoxy) is 1. The lowest BCUT2D eigenvalue weighted by Gasteiger charge is -2.17. The van der Waals surface area contributed by atoms with E-state index < -0.39 is 9.84 Å². The van der Waals surface area contributed by atoms with Gasteiger partial charge in [0.25, 0.3) is 0 Å². The van der Waals surface area contributed by atoms with E-state index in [1.54, 1.807) is 19.3 Å². The van der Waals surface area contributed by atoms with Crippen LogP contribution in [-0.2, 0) is 19.4 Å². The van der Waals surface area contributed by atoms with Crippen molar-refractivity contribution in [3.63, 3.8) is 0 Å². The van der Waals surface area contributed by atoms with Crippen molar-refractivity contribution in [3.8, 4) is 0 Å². The molecule has 0 heterocycles. The molecule has 0 bridgehead atoms. The molecule has 0 aromatic carbocycles. The Morgan fingerprint density at radius 1 is 1.36 bits per heavy atom. The highest BCUT2D eigenvalue weighted by atomic mass is 32.2. The quantitative estimate of drug-likeness (QED) is 0.692. The van der Waals surface area contributed by atoms with E-state index in [1.165, 1.54) is 5.41 Å². The average molecular weight is 329 g/mol. The van der Waals surface area contributed by atoms with Crippen LogP contribution in [0.4, 0.5) is 0 Å². The fourth-order valence-corrected chi connectivity index (χ4v) is 2.68. The van der Waals surface area contributed by atoms with Crippen molar-refractivity contribution < 1.29 is 17.9 Å². The Labute approximate surface area is 133 Å². The van der Waals surface area contributed by atoms with Gasteiger partial charge in [-0.05, 0) is 31.4 Å². The van der Waals surface area contributed by atoms with E-state index in [-0.39, 0.29) is 29.3 Å². The van der Waals surface area contributed by atoms with Gasteiger partial charge in [0.15, 0.2) is 9.84 Å². The maximum absolute atomic E-state index is 12.0. The van der Waals surface area contributed by atoms with Crippen LogP contribution in [0.1, 0.15) is 33.6 Å². The second-order valence-electron chi connectivity index (χ2n) is 6.41. The van der Waals surface area contributed by atoms with Crippen LogP contribution in [0.5, 0.6) is 0 Å². The number of allylic oxidation sites excluding steroid dienone is 2. The first-order valence-corrected chi connectivity index (χ1v) is 9.49. The Balaban J connectivity index is 2.70. The lowest BCUT2D eigenvalue weighted by molar-refractivity contribution is -0.150. The van der Waals surface area contributed by atoms with Crippen molar-refractivity contribution in [1.29, 1.82) is 0 Å². The zero-order valence-electron chi connectivity index (χ0n) is 14.0. The summed E-state index contributed by atoms with van der Waals surface area (Å²) in [6, 6.07) is 0. The number of hydrogen-bond acceptors (Lipinski definition) is 5. The van der Waals surface area contributed by atoms with Crippen molar-refractivity contribution in [2.24, 2.45) is 17.3 Å². The number of rotatable bonds is 8. The second-order valence-corrected chi connectivity index (χ2v) is 8.34. The molecule has 1 aliphatic carbocycles. The number of esters is 1. The molecule has 1 N–H and O–H groups in total. The molecule has 3 atom stereocenters. The third-order valence-corrected chi connectivity index (χ3v) is 4.69. The fraction of sp³-hybridized carbons (Fsp3) is 0.688. The third kappa shape index (κ3) is 5.83. The summed E-state index contributed by atoms with van der Waals surface area (Å²) in [7, 11) is -1.40. The molecule has 1 rings (SSSR count). The van der Waals surface area contributed by atoms with E-state index >= 15 is 0 Å². The van der Waals surface area contributed by atoms with Crippen molar-refractivity contribution in [3.05, 3.63) is 23.8 Å². The van der Waals surface area contributed by atoms with Gasteiger partial charge < -0.3 is 10.1 Å². The van der Waals surface area contributed by atoms with E-state index in [0.29, 0.717) is 6.42 Å². The van der Waals surface area contributed by atoms with E-state index in [1.807, 2.05) is 26.8 Å². The van der Waals surface area contributed by atoms with Gasteiger partial charge in [-0.1, -0.05) is 26.0 Å². The highest BCUT2D eigenvalue weighted by molar-refractivity contribution is 7.93. The summed E-state index contributed by atoms with van der Waals surface area (Å²) >= 11 is 0. The predicted molar refractivity (Wildman–Crippen MR) is 87.7 cm³/mol. The van der Waals surface area contributed by atoms with E-state index in [0.717, 1.165) is 12.7 Å². The highest BCUT2D eigenvalue weighted by Gasteiger charge is 2.51. The Morgan fingerprint density at radius 3 is 2.50 bits per heavy atom. The predicted octanol–water partition coefficient (Wildman–Crippen LogP) is 2.26.